The standard InChI is InChI=1S/C12H15ClFNO2/c1-12(4-3-5-15-12)9-10(14)7(13)6-8(16)11(9)17-2/h6,15-16H,3-5H2,1-2H3. The van der Waals surface area contributed by atoms with Crippen molar-refractivity contribution >= 4 is 11.6 Å². The lowest BCUT2D eigenvalue weighted by Gasteiger charge is -2.28. The Morgan fingerprint density at radius 1 is 1.59 bits per heavy atom. The van der Waals surface area contributed by atoms with Crippen LogP contribution in [-0.2, 0) is 5.54 Å². The van der Waals surface area contributed by atoms with Crippen LogP contribution in [0.2, 0.25) is 5.02 Å². The van der Waals surface area contributed by atoms with Gasteiger partial charge in [0.25, 0.3) is 0 Å². The van der Waals surface area contributed by atoms with E-state index >= 15 is 0 Å². The summed E-state index contributed by atoms with van der Waals surface area (Å²) in [5.74, 6) is -0.508. The average Bonchev–Trinajstić information content (AvgIpc) is 2.71. The number of ether oxygens (including phenoxy) is 1. The summed E-state index contributed by atoms with van der Waals surface area (Å²) in [6, 6.07) is 1.16. The normalized spacial score (nSPS) is 24.0. The van der Waals surface area contributed by atoms with Crippen molar-refractivity contribution in [2.45, 2.75) is 25.3 Å². The second kappa shape index (κ2) is 4.35. The minimum atomic E-state index is -0.544. The molecule has 3 nitrogen and oxygen atoms in total. The third kappa shape index (κ3) is 1.96. The van der Waals surface area contributed by atoms with Crippen molar-refractivity contribution in [3.8, 4) is 11.5 Å². The van der Waals surface area contributed by atoms with E-state index in [-0.39, 0.29) is 16.5 Å². The van der Waals surface area contributed by atoms with Crippen LogP contribution in [-0.4, -0.2) is 18.8 Å². The highest BCUT2D eigenvalue weighted by molar-refractivity contribution is 6.31. The molecule has 1 aromatic carbocycles. The van der Waals surface area contributed by atoms with Gasteiger partial charge in [0.15, 0.2) is 17.3 Å². The minimum Gasteiger partial charge on any atom is -0.504 e. The number of hydrogen-bond acceptors (Lipinski definition) is 3. The average molecular weight is 260 g/mol. The molecule has 2 N–H and O–H groups in total. The monoisotopic (exact) mass is 259 g/mol. The molecule has 5 heteroatoms. The summed E-state index contributed by atoms with van der Waals surface area (Å²) in [5, 5.41) is 12.9. The first-order valence-electron chi connectivity index (χ1n) is 5.50. The molecule has 0 aromatic heterocycles. The summed E-state index contributed by atoms with van der Waals surface area (Å²) >= 11 is 5.77. The maximum atomic E-state index is 14.2. The largest absolute Gasteiger partial charge is 0.504 e. The first-order valence-corrected chi connectivity index (χ1v) is 5.88. The lowest BCUT2D eigenvalue weighted by molar-refractivity contribution is 0.333. The molecule has 17 heavy (non-hydrogen) atoms. The molecule has 0 amide bonds. The molecule has 1 atom stereocenters. The van der Waals surface area contributed by atoms with E-state index in [9.17, 15) is 9.50 Å². The molecule has 0 spiro atoms. The van der Waals surface area contributed by atoms with Gasteiger partial charge in [-0.15, -0.1) is 0 Å². The van der Waals surface area contributed by atoms with E-state index < -0.39 is 11.4 Å². The lowest BCUT2D eigenvalue weighted by Crippen LogP contribution is -2.34. The molecule has 1 aliphatic heterocycles. The summed E-state index contributed by atoms with van der Waals surface area (Å²) in [6.07, 6.45) is 1.73. The number of phenols is 1. The fourth-order valence-corrected chi connectivity index (χ4v) is 2.60. The van der Waals surface area contributed by atoms with Crippen molar-refractivity contribution in [3.05, 3.63) is 22.5 Å². The van der Waals surface area contributed by atoms with E-state index in [0.717, 1.165) is 25.5 Å². The fraction of sp³-hybridized carbons (Fsp3) is 0.500. The molecule has 1 unspecified atom stereocenters. The van der Waals surface area contributed by atoms with Crippen LogP contribution in [0.25, 0.3) is 0 Å². The van der Waals surface area contributed by atoms with E-state index in [1.807, 2.05) is 6.92 Å². The van der Waals surface area contributed by atoms with Crippen LogP contribution >= 0.6 is 11.6 Å². The summed E-state index contributed by atoms with van der Waals surface area (Å²) in [7, 11) is 1.41. The summed E-state index contributed by atoms with van der Waals surface area (Å²) < 4.78 is 19.3. The first kappa shape index (κ1) is 12.5. The molecule has 0 aliphatic carbocycles. The van der Waals surface area contributed by atoms with E-state index in [2.05, 4.69) is 5.32 Å². The number of benzene rings is 1. The number of aromatic hydroxyl groups is 1. The van der Waals surface area contributed by atoms with Crippen LogP contribution < -0.4 is 10.1 Å². The van der Waals surface area contributed by atoms with Gasteiger partial charge in [0.05, 0.1) is 17.7 Å². The fourth-order valence-electron chi connectivity index (χ4n) is 2.40. The van der Waals surface area contributed by atoms with Crippen molar-refractivity contribution in [3.63, 3.8) is 0 Å². The molecule has 1 fully saturated rings. The number of phenolic OH excluding ortho intramolecular Hbond substituents is 1. The van der Waals surface area contributed by atoms with Crippen LogP contribution in [0.3, 0.4) is 0 Å². The van der Waals surface area contributed by atoms with Gasteiger partial charge in [-0.25, -0.2) is 4.39 Å². The molecule has 1 aliphatic rings. The summed E-state index contributed by atoms with van der Waals surface area (Å²) in [6.45, 7) is 2.70. The number of nitrogens with one attached hydrogen (secondary N) is 1. The number of rotatable bonds is 2. The lowest BCUT2D eigenvalue weighted by atomic mass is 9.89. The molecule has 1 heterocycles. The highest BCUT2D eigenvalue weighted by atomic mass is 35.5. The van der Waals surface area contributed by atoms with E-state index in [1.54, 1.807) is 0 Å². The Balaban J connectivity index is 2.65. The Morgan fingerprint density at radius 3 is 2.82 bits per heavy atom. The van der Waals surface area contributed by atoms with E-state index in [0.29, 0.717) is 5.56 Å². The molecule has 0 bridgehead atoms. The van der Waals surface area contributed by atoms with Gasteiger partial charge in [-0.2, -0.15) is 0 Å². The molecular weight excluding hydrogens is 245 g/mol. The molecular formula is C12H15ClFNO2. The number of halogens is 2. The van der Waals surface area contributed by atoms with Crippen molar-refractivity contribution in [1.82, 2.24) is 5.32 Å². The maximum absolute atomic E-state index is 14.2. The third-order valence-electron chi connectivity index (χ3n) is 3.28. The van der Waals surface area contributed by atoms with Crippen LogP contribution in [0.5, 0.6) is 11.5 Å². The van der Waals surface area contributed by atoms with Crippen molar-refractivity contribution in [2.24, 2.45) is 0 Å². The Labute approximate surface area is 105 Å². The van der Waals surface area contributed by atoms with Crippen LogP contribution in [0.1, 0.15) is 25.3 Å². The van der Waals surface area contributed by atoms with Gasteiger partial charge in [0.2, 0.25) is 0 Å². The number of methoxy groups -OCH3 is 1. The molecule has 1 saturated heterocycles. The molecule has 2 rings (SSSR count). The third-order valence-corrected chi connectivity index (χ3v) is 3.55. The second-order valence-electron chi connectivity index (χ2n) is 4.46. The molecule has 0 radical (unpaired) electrons. The summed E-state index contributed by atoms with van der Waals surface area (Å²) in [5.41, 5.74) is -0.236. The Bertz CT molecular complexity index is 445. The maximum Gasteiger partial charge on any atom is 0.168 e. The van der Waals surface area contributed by atoms with Gasteiger partial charge >= 0.3 is 0 Å². The van der Waals surface area contributed by atoms with Gasteiger partial charge in [0.1, 0.15) is 0 Å². The van der Waals surface area contributed by atoms with Gasteiger partial charge in [-0.1, -0.05) is 11.6 Å². The quantitative estimate of drug-likeness (QED) is 0.858. The smallest absolute Gasteiger partial charge is 0.168 e. The van der Waals surface area contributed by atoms with Gasteiger partial charge in [-0.05, 0) is 26.3 Å². The first-order chi connectivity index (χ1) is 7.99. The highest BCUT2D eigenvalue weighted by Crippen LogP contribution is 2.44. The van der Waals surface area contributed by atoms with Gasteiger partial charge in [0, 0.05) is 11.6 Å². The Kier molecular flexibility index (Phi) is 3.19. The molecule has 1 aromatic rings. The zero-order valence-electron chi connectivity index (χ0n) is 9.81. The topological polar surface area (TPSA) is 41.5 Å². The van der Waals surface area contributed by atoms with Gasteiger partial charge in [-0.3, -0.25) is 0 Å². The zero-order chi connectivity index (χ0) is 12.6. The number of hydrogen-bond donors (Lipinski definition) is 2. The molecule has 0 saturated carbocycles. The second-order valence-corrected chi connectivity index (χ2v) is 4.87. The van der Waals surface area contributed by atoms with Gasteiger partial charge < -0.3 is 15.2 Å². The van der Waals surface area contributed by atoms with E-state index in [1.165, 1.54) is 7.11 Å². The van der Waals surface area contributed by atoms with Crippen LogP contribution in [0.15, 0.2) is 6.07 Å². The summed E-state index contributed by atoms with van der Waals surface area (Å²) in [4.78, 5) is 0. The SMILES string of the molecule is COc1c(O)cc(Cl)c(F)c1C1(C)CCCN1. The predicted octanol–water partition coefficient (Wildman–Crippen LogP) is 2.79. The van der Waals surface area contributed by atoms with Crippen molar-refractivity contribution in [2.75, 3.05) is 13.7 Å². The zero-order valence-corrected chi connectivity index (χ0v) is 10.6. The van der Waals surface area contributed by atoms with Crippen LogP contribution in [0.4, 0.5) is 4.39 Å². The van der Waals surface area contributed by atoms with Crippen molar-refractivity contribution in [1.29, 1.82) is 0 Å². The highest BCUT2D eigenvalue weighted by Gasteiger charge is 2.37. The van der Waals surface area contributed by atoms with E-state index in [4.69, 9.17) is 16.3 Å². The Morgan fingerprint density at radius 2 is 2.29 bits per heavy atom. The molecule has 94 valence electrons. The minimum absolute atomic E-state index is 0.0896. The van der Waals surface area contributed by atoms with Crippen molar-refractivity contribution < 1.29 is 14.2 Å². The van der Waals surface area contributed by atoms with Crippen LogP contribution in [0, 0.1) is 5.82 Å². The predicted molar refractivity (Wildman–Crippen MR) is 64.2 cm³/mol. The Hall–Kier alpha value is -1.00.